The summed E-state index contributed by atoms with van der Waals surface area (Å²) in [4.78, 5) is 4.53. The van der Waals surface area contributed by atoms with Gasteiger partial charge in [-0.3, -0.25) is 4.68 Å². The normalized spacial score (nSPS) is 11.4. The van der Waals surface area contributed by atoms with Crippen molar-refractivity contribution >= 4 is 33.5 Å². The lowest BCUT2D eigenvalue weighted by Crippen LogP contribution is -2.00. The molecule has 0 radical (unpaired) electrons. The number of benzene rings is 1. The van der Waals surface area contributed by atoms with E-state index in [0.29, 0.717) is 6.61 Å². The fraction of sp³-hybridized carbons (Fsp3) is 0.286. The minimum Gasteiger partial charge on any atom is -0.377 e. The van der Waals surface area contributed by atoms with Gasteiger partial charge in [-0.1, -0.05) is 0 Å². The van der Waals surface area contributed by atoms with E-state index in [-0.39, 0.29) is 0 Å². The zero-order chi connectivity index (χ0) is 14.3. The van der Waals surface area contributed by atoms with E-state index in [9.17, 15) is 0 Å². The summed E-state index contributed by atoms with van der Waals surface area (Å²) in [5.41, 5.74) is 2.24. The van der Waals surface area contributed by atoms with Crippen LogP contribution in [0.25, 0.3) is 22.3 Å². The molecule has 0 atom stereocenters. The molecule has 0 saturated heterocycles. The van der Waals surface area contributed by atoms with E-state index in [1.165, 1.54) is 14.5 Å². The van der Waals surface area contributed by atoms with Crippen LogP contribution < -0.4 is 0 Å². The first-order chi connectivity index (χ1) is 9.60. The Hall–Kier alpha value is -1.41. The Kier molecular flexibility index (Phi) is 3.51. The van der Waals surface area contributed by atoms with Crippen LogP contribution in [0.4, 0.5) is 0 Å². The number of halogens is 1. The number of ether oxygens (including phenoxy) is 1. The highest BCUT2D eigenvalue weighted by Crippen LogP contribution is 2.27. The van der Waals surface area contributed by atoms with Gasteiger partial charge in [-0.2, -0.15) is 5.10 Å². The molecule has 0 N–H and O–H groups in total. The smallest absolute Gasteiger partial charge is 0.181 e. The lowest BCUT2D eigenvalue weighted by Gasteiger charge is -1.98. The van der Waals surface area contributed by atoms with Crippen LogP contribution in [0.15, 0.2) is 24.4 Å². The first-order valence-corrected chi connectivity index (χ1v) is 7.32. The molecule has 0 saturated carbocycles. The van der Waals surface area contributed by atoms with Crippen LogP contribution >= 0.6 is 22.6 Å². The van der Waals surface area contributed by atoms with E-state index in [4.69, 9.17) is 4.74 Å². The summed E-state index contributed by atoms with van der Waals surface area (Å²) in [6.45, 7) is 0.467. The molecule has 0 unspecified atom stereocenters. The average molecular weight is 382 g/mol. The lowest BCUT2D eigenvalue weighted by molar-refractivity contribution is 0.174. The first kappa shape index (κ1) is 13.6. The van der Waals surface area contributed by atoms with Crippen LogP contribution in [0, 0.1) is 3.57 Å². The topological polar surface area (TPSA) is 44.9 Å². The summed E-state index contributed by atoms with van der Waals surface area (Å²) in [5, 5.41) is 5.69. The molecule has 3 rings (SSSR count). The minimum absolute atomic E-state index is 0.467. The van der Waals surface area contributed by atoms with Gasteiger partial charge in [0.2, 0.25) is 0 Å². The Morgan fingerprint density at radius 3 is 2.85 bits per heavy atom. The van der Waals surface area contributed by atoms with Crippen molar-refractivity contribution in [3.63, 3.8) is 0 Å². The SMILES string of the molecule is COCc1nc(-c2ccc3c(c2)c(I)cn3C)nn1C. The van der Waals surface area contributed by atoms with Gasteiger partial charge in [0.15, 0.2) is 11.6 Å². The maximum atomic E-state index is 5.12. The molecule has 0 fully saturated rings. The van der Waals surface area contributed by atoms with E-state index in [0.717, 1.165) is 17.2 Å². The molecule has 6 heteroatoms. The highest BCUT2D eigenvalue weighted by Gasteiger charge is 2.11. The summed E-state index contributed by atoms with van der Waals surface area (Å²) >= 11 is 2.35. The third-order valence-electron chi connectivity index (χ3n) is 3.33. The monoisotopic (exact) mass is 382 g/mol. The fourth-order valence-corrected chi connectivity index (χ4v) is 3.13. The number of methoxy groups -OCH3 is 1. The zero-order valence-electron chi connectivity index (χ0n) is 11.6. The standard InChI is InChI=1S/C14H15IN4O/c1-18-7-11(15)10-6-9(4-5-12(10)18)14-16-13(8-20-3)19(2)17-14/h4-7H,8H2,1-3H3. The molecule has 1 aromatic carbocycles. The second-order valence-electron chi connectivity index (χ2n) is 4.73. The van der Waals surface area contributed by atoms with Crippen molar-refractivity contribution in [3.8, 4) is 11.4 Å². The number of fused-ring (bicyclic) bond motifs is 1. The number of rotatable bonds is 3. The van der Waals surface area contributed by atoms with Gasteiger partial charge in [0.05, 0.1) is 0 Å². The number of hydrogen-bond acceptors (Lipinski definition) is 3. The molecule has 0 aliphatic rings. The van der Waals surface area contributed by atoms with E-state index >= 15 is 0 Å². The van der Waals surface area contributed by atoms with Crippen LogP contribution in [0.1, 0.15) is 5.82 Å². The second kappa shape index (κ2) is 5.17. The number of nitrogens with zero attached hydrogens (tertiary/aromatic N) is 4. The molecule has 5 nitrogen and oxygen atoms in total. The molecule has 104 valence electrons. The van der Waals surface area contributed by atoms with Gasteiger partial charge in [-0.15, -0.1) is 0 Å². The minimum atomic E-state index is 0.467. The Morgan fingerprint density at radius 2 is 2.10 bits per heavy atom. The van der Waals surface area contributed by atoms with E-state index < -0.39 is 0 Å². The van der Waals surface area contributed by atoms with Crippen molar-refractivity contribution in [3.05, 3.63) is 33.8 Å². The number of aryl methyl sites for hydroxylation is 2. The molecule has 3 aromatic rings. The van der Waals surface area contributed by atoms with Gasteiger partial charge in [-0.05, 0) is 40.8 Å². The highest BCUT2D eigenvalue weighted by atomic mass is 127. The predicted molar refractivity (Wildman–Crippen MR) is 86.3 cm³/mol. The van der Waals surface area contributed by atoms with Crippen molar-refractivity contribution in [1.82, 2.24) is 19.3 Å². The largest absolute Gasteiger partial charge is 0.377 e. The van der Waals surface area contributed by atoms with Gasteiger partial charge in [0.25, 0.3) is 0 Å². The molecule has 0 amide bonds. The Bertz CT molecular complexity index is 775. The third kappa shape index (κ3) is 2.22. The van der Waals surface area contributed by atoms with E-state index in [2.05, 4.69) is 68.7 Å². The zero-order valence-corrected chi connectivity index (χ0v) is 13.7. The average Bonchev–Trinajstić information content (AvgIpc) is 2.92. The van der Waals surface area contributed by atoms with Crippen molar-refractivity contribution < 1.29 is 4.74 Å². The molecular formula is C14H15IN4O. The van der Waals surface area contributed by atoms with Gasteiger partial charge in [-0.25, -0.2) is 4.98 Å². The number of hydrogen-bond donors (Lipinski definition) is 0. The van der Waals surface area contributed by atoms with Gasteiger partial charge in [0.1, 0.15) is 6.61 Å². The summed E-state index contributed by atoms with van der Waals surface area (Å²) in [7, 11) is 5.60. The molecule has 20 heavy (non-hydrogen) atoms. The van der Waals surface area contributed by atoms with Crippen molar-refractivity contribution in [1.29, 1.82) is 0 Å². The Balaban J connectivity index is 2.10. The molecule has 0 aliphatic carbocycles. The summed E-state index contributed by atoms with van der Waals surface area (Å²) in [5.74, 6) is 1.56. The summed E-state index contributed by atoms with van der Waals surface area (Å²) < 4.78 is 10.2. The maximum absolute atomic E-state index is 5.12. The summed E-state index contributed by atoms with van der Waals surface area (Å²) in [6, 6.07) is 6.31. The Labute approximate surface area is 130 Å². The van der Waals surface area contributed by atoms with E-state index in [1.807, 2.05) is 7.05 Å². The molecule has 2 heterocycles. The predicted octanol–water partition coefficient (Wildman–Crippen LogP) is 2.72. The van der Waals surface area contributed by atoms with Crippen LogP contribution in [0.5, 0.6) is 0 Å². The van der Waals surface area contributed by atoms with Crippen LogP contribution in [-0.2, 0) is 25.4 Å². The maximum Gasteiger partial charge on any atom is 0.181 e. The molecule has 0 aliphatic heterocycles. The van der Waals surface area contributed by atoms with Crippen molar-refractivity contribution in [2.75, 3.05) is 7.11 Å². The van der Waals surface area contributed by atoms with Crippen LogP contribution in [-0.4, -0.2) is 26.4 Å². The highest BCUT2D eigenvalue weighted by molar-refractivity contribution is 14.1. The molecule has 2 aromatic heterocycles. The van der Waals surface area contributed by atoms with Gasteiger partial charge >= 0.3 is 0 Å². The quantitative estimate of drug-likeness (QED) is 0.655. The van der Waals surface area contributed by atoms with E-state index in [1.54, 1.807) is 11.8 Å². The molecule has 0 bridgehead atoms. The summed E-state index contributed by atoms with van der Waals surface area (Å²) in [6.07, 6.45) is 2.12. The van der Waals surface area contributed by atoms with Crippen LogP contribution in [0.2, 0.25) is 0 Å². The number of aromatic nitrogens is 4. The first-order valence-electron chi connectivity index (χ1n) is 6.24. The van der Waals surface area contributed by atoms with Crippen molar-refractivity contribution in [2.45, 2.75) is 6.61 Å². The second-order valence-corrected chi connectivity index (χ2v) is 5.89. The molecular weight excluding hydrogens is 367 g/mol. The third-order valence-corrected chi connectivity index (χ3v) is 4.19. The van der Waals surface area contributed by atoms with Crippen LogP contribution in [0.3, 0.4) is 0 Å². The van der Waals surface area contributed by atoms with Gasteiger partial charge < -0.3 is 9.30 Å². The fourth-order valence-electron chi connectivity index (χ4n) is 2.28. The Morgan fingerprint density at radius 1 is 1.30 bits per heavy atom. The lowest BCUT2D eigenvalue weighted by atomic mass is 10.1. The van der Waals surface area contributed by atoms with Gasteiger partial charge in [0, 0.05) is 47.4 Å². The molecule has 0 spiro atoms. The van der Waals surface area contributed by atoms with Crippen molar-refractivity contribution in [2.24, 2.45) is 14.1 Å².